The quantitative estimate of drug-likeness (QED) is 0.695. The fourth-order valence-electron chi connectivity index (χ4n) is 0.737. The number of carbonyl (C=O) groups excluding carboxylic acids is 1. The summed E-state index contributed by atoms with van der Waals surface area (Å²) >= 11 is 0. The van der Waals surface area contributed by atoms with E-state index in [1.54, 1.807) is 0 Å². The van der Waals surface area contributed by atoms with E-state index in [0.717, 1.165) is 5.71 Å². The van der Waals surface area contributed by atoms with Crippen molar-refractivity contribution in [3.05, 3.63) is 0 Å². The molecule has 0 aromatic carbocycles. The van der Waals surface area contributed by atoms with Gasteiger partial charge in [-0.05, 0) is 25.7 Å². The summed E-state index contributed by atoms with van der Waals surface area (Å²) in [6, 6.07) is 0. The largest absolute Gasteiger partial charge is 0.329 e. The minimum Gasteiger partial charge on any atom is -0.329 e. The molecule has 0 rings (SSSR count). The number of hydrogen-bond acceptors (Lipinski definition) is 3. The van der Waals surface area contributed by atoms with Gasteiger partial charge in [0.1, 0.15) is 0 Å². The zero-order valence-electron chi connectivity index (χ0n) is 8.96. The van der Waals surface area contributed by atoms with Crippen LogP contribution in [0.1, 0.15) is 13.3 Å². The Bertz CT molecular complexity index is 206. The minimum atomic E-state index is -1.07. The number of nitrogens with two attached hydrogens (primary N) is 1. The van der Waals surface area contributed by atoms with Crippen LogP contribution >= 0.6 is 10.0 Å². The molecule has 0 aliphatic rings. The van der Waals surface area contributed by atoms with Crippen molar-refractivity contribution in [2.45, 2.75) is 13.3 Å². The molecule has 0 amide bonds. The Hall–Kier alpha value is -0.350. The molecule has 0 radical (unpaired) electrons. The van der Waals surface area contributed by atoms with Crippen molar-refractivity contribution in [3.8, 4) is 0 Å². The Morgan fingerprint density at radius 2 is 1.92 bits per heavy atom. The van der Waals surface area contributed by atoms with E-state index in [4.69, 9.17) is 5.73 Å². The normalized spacial score (nSPS) is 14.4. The first-order chi connectivity index (χ1) is 5.88. The van der Waals surface area contributed by atoms with Gasteiger partial charge in [0.05, 0.1) is 13.0 Å². The molecule has 4 heteroatoms. The maximum Gasteiger partial charge on any atom is 0.176 e. The van der Waals surface area contributed by atoms with Crippen molar-refractivity contribution < 1.29 is 4.79 Å². The van der Waals surface area contributed by atoms with Crippen molar-refractivity contribution in [1.29, 1.82) is 0 Å². The van der Waals surface area contributed by atoms with Crippen LogP contribution < -0.4 is 5.73 Å². The van der Waals surface area contributed by atoms with Gasteiger partial charge >= 0.3 is 0 Å². The van der Waals surface area contributed by atoms with E-state index >= 15 is 0 Å². The molecule has 0 aliphatic carbocycles. The molecule has 0 spiro atoms. The van der Waals surface area contributed by atoms with Crippen LogP contribution in [0, 0.1) is 0 Å². The van der Waals surface area contributed by atoms with Crippen molar-refractivity contribution in [2.24, 2.45) is 10.7 Å². The van der Waals surface area contributed by atoms with Gasteiger partial charge in [0.25, 0.3) is 0 Å². The molecule has 0 heterocycles. The summed E-state index contributed by atoms with van der Waals surface area (Å²) < 4.78 is 0. The van der Waals surface area contributed by atoms with Gasteiger partial charge in [-0.25, -0.2) is 0 Å². The standard InChI is InChI=1S/C9H20N2OS/c1-8(11-6-5-10)7-9(12)13(2,3)4/h5-7,10H2,1-4H3. The number of rotatable bonds is 4. The molecule has 0 atom stereocenters. The van der Waals surface area contributed by atoms with E-state index in [-0.39, 0.29) is 0 Å². The van der Waals surface area contributed by atoms with Gasteiger partial charge in [0, 0.05) is 12.3 Å². The number of aliphatic imine (C=N–C) groups is 1. The third kappa shape index (κ3) is 5.82. The number of nitrogens with zero attached hydrogens (tertiary/aromatic N) is 1. The third-order valence-electron chi connectivity index (χ3n) is 1.59. The van der Waals surface area contributed by atoms with E-state index in [2.05, 4.69) is 4.99 Å². The van der Waals surface area contributed by atoms with Crippen LogP contribution in [0.25, 0.3) is 0 Å². The number of carbonyl (C=O) groups is 1. The monoisotopic (exact) mass is 204 g/mol. The summed E-state index contributed by atoms with van der Waals surface area (Å²) in [5.74, 6) is 0. The Kier molecular flexibility index (Phi) is 5.25. The lowest BCUT2D eigenvalue weighted by Gasteiger charge is -2.22. The fourth-order valence-corrected chi connectivity index (χ4v) is 1.38. The zero-order valence-corrected chi connectivity index (χ0v) is 9.78. The van der Waals surface area contributed by atoms with Gasteiger partial charge in [-0.1, -0.05) is 0 Å². The van der Waals surface area contributed by atoms with E-state index in [9.17, 15) is 4.79 Å². The van der Waals surface area contributed by atoms with Crippen LogP contribution in [0.5, 0.6) is 0 Å². The summed E-state index contributed by atoms with van der Waals surface area (Å²) in [7, 11) is -1.07. The Balaban J connectivity index is 4.07. The predicted octanol–water partition coefficient (Wildman–Crippen LogP) is 1.02. The highest BCUT2D eigenvalue weighted by Gasteiger charge is 2.15. The first-order valence-corrected chi connectivity index (χ1v) is 7.15. The Labute approximate surface area is 82.1 Å². The second-order valence-corrected chi connectivity index (χ2v) is 7.92. The molecule has 2 N–H and O–H groups in total. The molecule has 13 heavy (non-hydrogen) atoms. The lowest BCUT2D eigenvalue weighted by Crippen LogP contribution is -2.13. The summed E-state index contributed by atoms with van der Waals surface area (Å²) in [6.45, 7) is 3.06. The molecule has 0 bridgehead atoms. The van der Waals surface area contributed by atoms with E-state index in [1.165, 1.54) is 0 Å². The topological polar surface area (TPSA) is 55.5 Å². The second-order valence-electron chi connectivity index (χ2n) is 3.79. The summed E-state index contributed by atoms with van der Waals surface area (Å²) in [6.07, 6.45) is 6.50. The van der Waals surface area contributed by atoms with Crippen LogP contribution in [0.15, 0.2) is 4.99 Å². The highest BCUT2D eigenvalue weighted by Crippen LogP contribution is 2.36. The first kappa shape index (κ1) is 12.7. The van der Waals surface area contributed by atoms with Crippen molar-refractivity contribution in [1.82, 2.24) is 0 Å². The molecule has 0 saturated heterocycles. The van der Waals surface area contributed by atoms with Crippen molar-refractivity contribution in [2.75, 3.05) is 31.9 Å². The smallest absolute Gasteiger partial charge is 0.176 e. The average molecular weight is 204 g/mol. The lowest BCUT2D eigenvalue weighted by atomic mass is 10.3. The predicted molar refractivity (Wildman–Crippen MR) is 62.0 cm³/mol. The van der Waals surface area contributed by atoms with Crippen LogP contribution in [0.4, 0.5) is 0 Å². The molecule has 3 nitrogen and oxygen atoms in total. The van der Waals surface area contributed by atoms with E-state index in [0.29, 0.717) is 24.6 Å². The summed E-state index contributed by atoms with van der Waals surface area (Å²) in [5, 5.41) is 0.311. The summed E-state index contributed by atoms with van der Waals surface area (Å²) in [4.78, 5) is 15.7. The molecule has 0 unspecified atom stereocenters. The van der Waals surface area contributed by atoms with Gasteiger partial charge in [-0.3, -0.25) is 9.79 Å². The molecule has 0 aromatic rings. The first-order valence-electron chi connectivity index (χ1n) is 4.29. The van der Waals surface area contributed by atoms with Crippen molar-refractivity contribution in [3.63, 3.8) is 0 Å². The molecule has 0 fully saturated rings. The maximum absolute atomic E-state index is 11.6. The molecule has 0 saturated carbocycles. The zero-order chi connectivity index (χ0) is 10.5. The lowest BCUT2D eigenvalue weighted by molar-refractivity contribution is -0.110. The van der Waals surface area contributed by atoms with Gasteiger partial charge < -0.3 is 5.73 Å². The van der Waals surface area contributed by atoms with E-state index < -0.39 is 10.0 Å². The van der Waals surface area contributed by atoms with Gasteiger partial charge in [-0.15, -0.1) is 0 Å². The minimum absolute atomic E-state index is 0.311. The maximum atomic E-state index is 11.6. The van der Waals surface area contributed by atoms with Crippen LogP contribution in [0.2, 0.25) is 0 Å². The van der Waals surface area contributed by atoms with Gasteiger partial charge in [0.15, 0.2) is 5.12 Å². The molecule has 78 valence electrons. The van der Waals surface area contributed by atoms with Crippen LogP contribution in [-0.4, -0.2) is 42.7 Å². The highest BCUT2D eigenvalue weighted by atomic mass is 32.3. The van der Waals surface area contributed by atoms with Crippen molar-refractivity contribution >= 4 is 20.9 Å². The third-order valence-corrected chi connectivity index (χ3v) is 3.10. The van der Waals surface area contributed by atoms with Crippen LogP contribution in [0.3, 0.4) is 0 Å². The SMILES string of the molecule is CC(CC(=O)S(C)(C)C)=NCCN. The Morgan fingerprint density at radius 1 is 1.38 bits per heavy atom. The summed E-state index contributed by atoms with van der Waals surface area (Å²) in [5.41, 5.74) is 6.21. The van der Waals surface area contributed by atoms with Crippen LogP contribution in [-0.2, 0) is 4.79 Å². The fraction of sp³-hybridized carbons (Fsp3) is 0.778. The van der Waals surface area contributed by atoms with Gasteiger partial charge in [-0.2, -0.15) is 10.0 Å². The second kappa shape index (κ2) is 5.40. The number of hydrogen-bond donors (Lipinski definition) is 1. The molecular weight excluding hydrogens is 184 g/mol. The molecule has 0 aliphatic heterocycles. The molecule has 0 aromatic heterocycles. The molecular formula is C9H20N2OS. The van der Waals surface area contributed by atoms with Gasteiger partial charge in [0.2, 0.25) is 0 Å². The van der Waals surface area contributed by atoms with E-state index in [1.807, 2.05) is 25.7 Å². The Morgan fingerprint density at radius 3 is 2.31 bits per heavy atom. The highest BCUT2D eigenvalue weighted by molar-refractivity contribution is 8.43. The average Bonchev–Trinajstić information content (AvgIpc) is 1.99.